The van der Waals surface area contributed by atoms with Crippen molar-refractivity contribution in [2.24, 2.45) is 0 Å². The summed E-state index contributed by atoms with van der Waals surface area (Å²) in [7, 11) is 0. The van der Waals surface area contributed by atoms with Crippen LogP contribution in [0.4, 0.5) is 5.69 Å². The zero-order chi connectivity index (χ0) is 21.6. The first-order valence-electron chi connectivity index (χ1n) is 9.91. The maximum atomic E-state index is 12.6. The van der Waals surface area contributed by atoms with E-state index in [0.717, 1.165) is 16.5 Å². The number of carbonyl (C=O) groups is 1. The molecule has 4 rings (SSSR count). The predicted molar refractivity (Wildman–Crippen MR) is 121 cm³/mol. The third-order valence-corrected chi connectivity index (χ3v) is 5.27. The topological polar surface area (TPSA) is 73.6 Å². The summed E-state index contributed by atoms with van der Waals surface area (Å²) in [5.74, 6) is 3.36. The van der Waals surface area contributed by atoms with Gasteiger partial charge in [0.1, 0.15) is 17.3 Å². The zero-order valence-corrected chi connectivity index (χ0v) is 18.1. The smallest absolute Gasteiger partial charge is 0.230 e. The lowest BCUT2D eigenvalue weighted by atomic mass is 10.2. The van der Waals surface area contributed by atoms with E-state index in [4.69, 9.17) is 13.9 Å². The number of furan rings is 1. The van der Waals surface area contributed by atoms with Crippen molar-refractivity contribution in [3.63, 3.8) is 0 Å². The van der Waals surface area contributed by atoms with Gasteiger partial charge in [-0.15, -0.1) is 11.3 Å². The van der Waals surface area contributed by atoms with Gasteiger partial charge in [-0.05, 0) is 62.4 Å². The number of aromatic nitrogens is 1. The van der Waals surface area contributed by atoms with Gasteiger partial charge in [-0.25, -0.2) is 4.98 Å². The molecule has 31 heavy (non-hydrogen) atoms. The maximum Gasteiger partial charge on any atom is 0.230 e. The minimum atomic E-state index is -0.171. The van der Waals surface area contributed by atoms with Crippen LogP contribution in [0.5, 0.6) is 17.2 Å². The van der Waals surface area contributed by atoms with Crippen LogP contribution in [0.3, 0.4) is 0 Å². The highest BCUT2D eigenvalue weighted by atomic mass is 32.1. The van der Waals surface area contributed by atoms with Crippen LogP contribution in [0.25, 0.3) is 10.8 Å². The molecular formula is C24H22N2O4S. The molecule has 0 radical (unpaired) electrons. The molecule has 4 aromatic rings. The molecule has 158 valence electrons. The number of thiazole rings is 1. The van der Waals surface area contributed by atoms with Crippen molar-refractivity contribution < 1.29 is 18.7 Å². The summed E-state index contributed by atoms with van der Waals surface area (Å²) in [5, 5.41) is 5.55. The van der Waals surface area contributed by atoms with Gasteiger partial charge in [0.25, 0.3) is 0 Å². The van der Waals surface area contributed by atoms with Gasteiger partial charge in [-0.1, -0.05) is 12.1 Å². The fourth-order valence-corrected chi connectivity index (χ4v) is 3.75. The summed E-state index contributed by atoms with van der Waals surface area (Å²) in [4.78, 5) is 17.1. The molecule has 1 N–H and O–H groups in total. The third-order valence-electron chi connectivity index (χ3n) is 4.37. The molecule has 0 aliphatic rings. The van der Waals surface area contributed by atoms with Crippen molar-refractivity contribution in [2.75, 3.05) is 11.9 Å². The Labute approximate surface area is 184 Å². The number of rotatable bonds is 8. The quantitative estimate of drug-likeness (QED) is 0.364. The second-order valence-electron chi connectivity index (χ2n) is 6.78. The number of hydrogen-bond donors (Lipinski definition) is 1. The van der Waals surface area contributed by atoms with E-state index in [1.54, 1.807) is 6.07 Å². The van der Waals surface area contributed by atoms with Gasteiger partial charge in [0.2, 0.25) is 5.91 Å². The average Bonchev–Trinajstić information content (AvgIpc) is 3.40. The fourth-order valence-electron chi connectivity index (χ4n) is 2.97. The molecule has 0 bridgehead atoms. The Morgan fingerprint density at radius 3 is 2.58 bits per heavy atom. The Morgan fingerprint density at radius 1 is 1.06 bits per heavy atom. The highest BCUT2D eigenvalue weighted by Gasteiger charge is 2.13. The molecule has 2 heterocycles. The summed E-state index contributed by atoms with van der Waals surface area (Å²) in [6.07, 6.45) is 0.160. The van der Waals surface area contributed by atoms with E-state index in [1.165, 1.54) is 11.3 Å². The van der Waals surface area contributed by atoms with Crippen LogP contribution in [0, 0.1) is 6.92 Å². The number of hydrogen-bond acceptors (Lipinski definition) is 6. The van der Waals surface area contributed by atoms with Crippen molar-refractivity contribution in [3.8, 4) is 28.0 Å². The minimum absolute atomic E-state index is 0.160. The Hall–Kier alpha value is -3.58. The van der Waals surface area contributed by atoms with E-state index in [0.29, 0.717) is 35.2 Å². The van der Waals surface area contributed by atoms with Crippen LogP contribution in [0.15, 0.2) is 70.5 Å². The number of benzene rings is 2. The van der Waals surface area contributed by atoms with Crippen LogP contribution in [-0.2, 0) is 11.2 Å². The molecule has 0 unspecified atom stereocenters. The standard InChI is InChI=1S/C24H22N2O4S/c1-3-28-18-9-11-19(12-10-18)30-21-7-5-4-6-20(21)26-23(27)14-17-15-31-24(25-17)22-13-8-16(2)29-22/h4-13,15H,3,14H2,1-2H3,(H,26,27). The first kappa shape index (κ1) is 20.7. The normalized spacial score (nSPS) is 10.6. The average molecular weight is 435 g/mol. The molecule has 2 aromatic carbocycles. The molecule has 0 aliphatic carbocycles. The SMILES string of the molecule is CCOc1ccc(Oc2ccccc2NC(=O)Cc2csc(-c3ccc(C)o3)n2)cc1. The van der Waals surface area contributed by atoms with Gasteiger partial charge in [0, 0.05) is 5.38 Å². The highest BCUT2D eigenvalue weighted by molar-refractivity contribution is 7.13. The van der Waals surface area contributed by atoms with Gasteiger partial charge < -0.3 is 19.2 Å². The fraction of sp³-hybridized carbons (Fsp3) is 0.167. The third kappa shape index (κ3) is 5.32. The molecule has 0 fully saturated rings. The maximum absolute atomic E-state index is 12.6. The summed E-state index contributed by atoms with van der Waals surface area (Å²) >= 11 is 1.45. The largest absolute Gasteiger partial charge is 0.494 e. The molecule has 0 aliphatic heterocycles. The lowest BCUT2D eigenvalue weighted by Gasteiger charge is -2.12. The lowest BCUT2D eigenvalue weighted by molar-refractivity contribution is -0.115. The number of carbonyl (C=O) groups excluding carboxylic acids is 1. The van der Waals surface area contributed by atoms with E-state index in [2.05, 4.69) is 10.3 Å². The van der Waals surface area contributed by atoms with E-state index >= 15 is 0 Å². The molecule has 0 atom stereocenters. The number of anilines is 1. The molecule has 1 amide bonds. The van der Waals surface area contributed by atoms with Crippen molar-refractivity contribution in [1.29, 1.82) is 0 Å². The van der Waals surface area contributed by atoms with Gasteiger partial charge in [-0.2, -0.15) is 0 Å². The second-order valence-corrected chi connectivity index (χ2v) is 7.64. The van der Waals surface area contributed by atoms with E-state index in [-0.39, 0.29) is 12.3 Å². The highest BCUT2D eigenvalue weighted by Crippen LogP contribution is 2.31. The van der Waals surface area contributed by atoms with E-state index < -0.39 is 0 Å². The van der Waals surface area contributed by atoms with E-state index in [1.807, 2.05) is 73.8 Å². The van der Waals surface area contributed by atoms with Crippen LogP contribution in [0.1, 0.15) is 18.4 Å². The number of ether oxygens (including phenoxy) is 2. The summed E-state index contributed by atoms with van der Waals surface area (Å²) in [5.41, 5.74) is 1.29. The predicted octanol–water partition coefficient (Wildman–Crippen LogP) is 6.08. The second kappa shape index (κ2) is 9.49. The minimum Gasteiger partial charge on any atom is -0.494 e. The van der Waals surface area contributed by atoms with Crippen LogP contribution < -0.4 is 14.8 Å². The molecule has 0 saturated carbocycles. The molecule has 7 heteroatoms. The van der Waals surface area contributed by atoms with Crippen LogP contribution in [0.2, 0.25) is 0 Å². The van der Waals surface area contributed by atoms with Crippen molar-refractivity contribution in [3.05, 3.63) is 77.5 Å². The molecule has 0 saturated heterocycles. The van der Waals surface area contributed by atoms with Crippen LogP contribution >= 0.6 is 11.3 Å². The summed E-state index contributed by atoms with van der Waals surface area (Å²) < 4.78 is 17.0. The first-order valence-corrected chi connectivity index (χ1v) is 10.8. The summed E-state index contributed by atoms with van der Waals surface area (Å²) in [6.45, 7) is 4.43. The molecule has 0 spiro atoms. The Kier molecular flexibility index (Phi) is 6.33. The van der Waals surface area contributed by atoms with Crippen molar-refractivity contribution in [2.45, 2.75) is 20.3 Å². The van der Waals surface area contributed by atoms with Gasteiger partial charge in [0.15, 0.2) is 16.5 Å². The van der Waals surface area contributed by atoms with Gasteiger partial charge >= 0.3 is 0 Å². The molecular weight excluding hydrogens is 412 g/mol. The number of aryl methyl sites for hydroxylation is 1. The molecule has 2 aromatic heterocycles. The van der Waals surface area contributed by atoms with Crippen LogP contribution in [-0.4, -0.2) is 17.5 Å². The number of nitrogens with zero attached hydrogens (tertiary/aromatic N) is 1. The van der Waals surface area contributed by atoms with Gasteiger partial charge in [0.05, 0.1) is 24.4 Å². The number of para-hydroxylation sites is 2. The van der Waals surface area contributed by atoms with Gasteiger partial charge in [-0.3, -0.25) is 4.79 Å². The Morgan fingerprint density at radius 2 is 1.84 bits per heavy atom. The van der Waals surface area contributed by atoms with Crippen molar-refractivity contribution in [1.82, 2.24) is 4.98 Å². The van der Waals surface area contributed by atoms with E-state index in [9.17, 15) is 4.79 Å². The zero-order valence-electron chi connectivity index (χ0n) is 17.3. The summed E-state index contributed by atoms with van der Waals surface area (Å²) in [6, 6.07) is 18.5. The first-order chi connectivity index (χ1) is 15.1. The lowest BCUT2D eigenvalue weighted by Crippen LogP contribution is -2.15. The monoisotopic (exact) mass is 434 g/mol. The molecule has 6 nitrogen and oxygen atoms in total. The van der Waals surface area contributed by atoms with Crippen molar-refractivity contribution >= 4 is 22.9 Å². The number of nitrogens with one attached hydrogen (secondary N) is 1. The number of amides is 1. The Bertz CT molecular complexity index is 1160. The Balaban J connectivity index is 1.41.